The van der Waals surface area contributed by atoms with Gasteiger partial charge in [-0.25, -0.2) is 0 Å². The van der Waals surface area contributed by atoms with Gasteiger partial charge in [0.05, 0.1) is 33.8 Å². The lowest BCUT2D eigenvalue weighted by Gasteiger charge is -2.30. The number of quaternary nitrogens is 1. The maximum atomic E-state index is 13.4. The van der Waals surface area contributed by atoms with Gasteiger partial charge in [-0.05, 0) is 96.0 Å². The molecule has 0 aromatic heterocycles. The standard InChI is InChI=1S/C58H103N2O7P/c1-7-10-13-16-19-22-25-28-30-31-32-35-38-41-44-47-50-57(61)59-55(54-66-68(63,64)65-53-52-60(4,5)6)56(49-46-43-40-37-34-27-24-21-18-15-12-9-3)67-58(62)51-48-45-42-39-36-33-29-26-23-20-17-14-11-8-2/h10-11,13-14,19-20,22-23,28,30,32,35,46,49,55-56H,7-9,12,15-18,21,24-27,29,31,33-34,36-45,47-48,50-54H2,1-6H3,(H-,59,61,63,64)/b13-10+,14-11+,22-19+,23-20+,30-28+,35-32+,49-46+. The number of unbranched alkanes of at least 4 members (excludes halogenated alkanes) is 20. The molecular weight excluding hydrogens is 868 g/mol. The highest BCUT2D eigenvalue weighted by molar-refractivity contribution is 7.45. The van der Waals surface area contributed by atoms with Crippen LogP contribution in [0.3, 0.4) is 0 Å². The van der Waals surface area contributed by atoms with Crippen molar-refractivity contribution in [1.82, 2.24) is 5.32 Å². The van der Waals surface area contributed by atoms with Crippen molar-refractivity contribution in [3.05, 3.63) is 85.1 Å². The van der Waals surface area contributed by atoms with Crippen LogP contribution in [0.15, 0.2) is 85.1 Å². The number of carbonyl (C=O) groups is 2. The average Bonchev–Trinajstić information content (AvgIpc) is 3.29. The van der Waals surface area contributed by atoms with Crippen LogP contribution in [0.4, 0.5) is 0 Å². The summed E-state index contributed by atoms with van der Waals surface area (Å²) in [6, 6.07) is -0.910. The van der Waals surface area contributed by atoms with Crippen LogP contribution < -0.4 is 10.2 Å². The third-order valence-corrected chi connectivity index (χ3v) is 12.5. The summed E-state index contributed by atoms with van der Waals surface area (Å²) in [7, 11) is 1.15. The third kappa shape index (κ3) is 48.2. The second-order valence-electron chi connectivity index (χ2n) is 19.3. The van der Waals surface area contributed by atoms with Gasteiger partial charge in [-0.3, -0.25) is 14.2 Å². The molecule has 0 radical (unpaired) electrons. The van der Waals surface area contributed by atoms with Crippen LogP contribution in [-0.2, 0) is 27.9 Å². The fraction of sp³-hybridized carbons (Fsp3) is 0.724. The smallest absolute Gasteiger partial charge is 0.306 e. The van der Waals surface area contributed by atoms with E-state index in [1.54, 1.807) is 0 Å². The number of likely N-dealkylation sites (N-methyl/N-ethyl adjacent to an activating group) is 1. The van der Waals surface area contributed by atoms with Gasteiger partial charge in [0, 0.05) is 12.8 Å². The SMILES string of the molecule is CC/C=C/C/C=C/C/C=C/C/C=C/CCCCCC(=O)NC(COP(=O)([O-])OCC[N+](C)(C)C)C(/C=C/CCCCCCCCCCCC)OC(=O)CCCCCCCCC/C=C/C/C=C/CC. The number of hydrogen-bond acceptors (Lipinski definition) is 7. The van der Waals surface area contributed by atoms with Gasteiger partial charge < -0.3 is 28.5 Å². The molecule has 0 bridgehead atoms. The van der Waals surface area contributed by atoms with Crippen LogP contribution in [0.1, 0.15) is 220 Å². The summed E-state index contributed by atoms with van der Waals surface area (Å²) >= 11 is 0. The van der Waals surface area contributed by atoms with Crippen LogP contribution in [0.5, 0.6) is 0 Å². The van der Waals surface area contributed by atoms with Gasteiger partial charge >= 0.3 is 5.97 Å². The van der Waals surface area contributed by atoms with E-state index in [9.17, 15) is 19.0 Å². The van der Waals surface area contributed by atoms with Gasteiger partial charge in [-0.1, -0.05) is 196 Å². The molecule has 0 saturated heterocycles. The van der Waals surface area contributed by atoms with E-state index >= 15 is 0 Å². The number of rotatable bonds is 48. The zero-order valence-corrected chi connectivity index (χ0v) is 45.4. The second-order valence-corrected chi connectivity index (χ2v) is 20.7. The fourth-order valence-electron chi connectivity index (χ4n) is 7.37. The minimum absolute atomic E-state index is 0.0338. The molecule has 68 heavy (non-hydrogen) atoms. The maximum absolute atomic E-state index is 13.4. The van der Waals surface area contributed by atoms with Crippen molar-refractivity contribution < 1.29 is 37.3 Å². The largest absolute Gasteiger partial charge is 0.756 e. The molecule has 0 saturated carbocycles. The first-order valence-corrected chi connectivity index (χ1v) is 28.9. The highest BCUT2D eigenvalue weighted by atomic mass is 31.2. The predicted molar refractivity (Wildman–Crippen MR) is 288 cm³/mol. The van der Waals surface area contributed by atoms with Crippen molar-refractivity contribution in [2.75, 3.05) is 40.9 Å². The second kappa shape index (κ2) is 47.8. The van der Waals surface area contributed by atoms with Crippen LogP contribution in [-0.4, -0.2) is 69.4 Å². The zero-order valence-electron chi connectivity index (χ0n) is 44.5. The van der Waals surface area contributed by atoms with Crippen LogP contribution >= 0.6 is 7.82 Å². The first-order valence-electron chi connectivity index (χ1n) is 27.4. The Labute approximate surface area is 418 Å². The number of carbonyl (C=O) groups excluding carboxylic acids is 2. The number of ether oxygens (including phenoxy) is 1. The van der Waals surface area contributed by atoms with Gasteiger partial charge in [-0.15, -0.1) is 0 Å². The molecule has 10 heteroatoms. The van der Waals surface area contributed by atoms with Gasteiger partial charge in [0.25, 0.3) is 7.82 Å². The molecule has 392 valence electrons. The summed E-state index contributed by atoms with van der Waals surface area (Å²) in [5.41, 5.74) is 0. The fourth-order valence-corrected chi connectivity index (χ4v) is 8.10. The summed E-state index contributed by atoms with van der Waals surface area (Å²) in [5, 5.41) is 2.99. The third-order valence-electron chi connectivity index (χ3n) is 11.6. The molecule has 9 nitrogen and oxygen atoms in total. The van der Waals surface area contributed by atoms with Gasteiger partial charge in [0.1, 0.15) is 19.3 Å². The zero-order chi connectivity index (χ0) is 50.1. The molecule has 0 spiro atoms. The monoisotopic (exact) mass is 971 g/mol. The molecule has 0 fully saturated rings. The number of nitrogens with one attached hydrogen (secondary N) is 1. The number of hydrogen-bond donors (Lipinski definition) is 1. The summed E-state index contributed by atoms with van der Waals surface area (Å²) in [6.45, 7) is 6.57. The summed E-state index contributed by atoms with van der Waals surface area (Å²) in [6.07, 6.45) is 61.2. The van der Waals surface area contributed by atoms with E-state index < -0.39 is 26.6 Å². The molecule has 0 heterocycles. The highest BCUT2D eigenvalue weighted by Gasteiger charge is 2.27. The molecule has 1 N–H and O–H groups in total. The Morgan fingerprint density at radius 2 is 0.941 bits per heavy atom. The van der Waals surface area contributed by atoms with Crippen molar-refractivity contribution in [3.8, 4) is 0 Å². The van der Waals surface area contributed by atoms with E-state index in [2.05, 4.69) is 99.0 Å². The van der Waals surface area contributed by atoms with Crippen molar-refractivity contribution in [1.29, 1.82) is 0 Å². The summed E-state index contributed by atoms with van der Waals surface area (Å²) in [5.74, 6) is -0.593. The Bertz CT molecular complexity index is 1440. The van der Waals surface area contributed by atoms with Crippen LogP contribution in [0.25, 0.3) is 0 Å². The van der Waals surface area contributed by atoms with Crippen molar-refractivity contribution in [2.45, 2.75) is 232 Å². The van der Waals surface area contributed by atoms with Crippen molar-refractivity contribution >= 4 is 19.7 Å². The Hall–Kier alpha value is -2.81. The van der Waals surface area contributed by atoms with E-state index in [1.165, 1.54) is 70.6 Å². The van der Waals surface area contributed by atoms with Gasteiger partial charge in [0.15, 0.2) is 0 Å². The van der Waals surface area contributed by atoms with Crippen LogP contribution in [0.2, 0.25) is 0 Å². The lowest BCUT2D eigenvalue weighted by atomic mass is 10.0. The minimum atomic E-state index is -4.71. The number of esters is 1. The minimum Gasteiger partial charge on any atom is -0.756 e. The predicted octanol–water partition coefficient (Wildman–Crippen LogP) is 15.6. The molecule has 0 aliphatic heterocycles. The topological polar surface area (TPSA) is 114 Å². The van der Waals surface area contributed by atoms with Crippen molar-refractivity contribution in [3.63, 3.8) is 0 Å². The Morgan fingerprint density at radius 1 is 0.529 bits per heavy atom. The van der Waals surface area contributed by atoms with Crippen molar-refractivity contribution in [2.24, 2.45) is 0 Å². The molecule has 3 atom stereocenters. The van der Waals surface area contributed by atoms with E-state index in [0.717, 1.165) is 103 Å². The van der Waals surface area contributed by atoms with Crippen LogP contribution in [0, 0.1) is 0 Å². The number of nitrogens with zero attached hydrogens (tertiary/aromatic N) is 1. The molecule has 0 aromatic carbocycles. The lowest BCUT2D eigenvalue weighted by Crippen LogP contribution is -2.47. The first-order chi connectivity index (χ1) is 32.9. The molecule has 1 amide bonds. The van der Waals surface area contributed by atoms with E-state index in [0.29, 0.717) is 23.9 Å². The number of phosphoric acid groups is 1. The normalized spacial score (nSPS) is 14.5. The summed E-state index contributed by atoms with van der Waals surface area (Å²) in [4.78, 5) is 39.8. The van der Waals surface area contributed by atoms with E-state index in [1.807, 2.05) is 33.3 Å². The molecule has 3 unspecified atom stereocenters. The molecule has 0 aliphatic carbocycles. The molecule has 0 aromatic rings. The Morgan fingerprint density at radius 3 is 1.43 bits per heavy atom. The average molecular weight is 971 g/mol. The number of phosphoric ester groups is 1. The quantitative estimate of drug-likeness (QED) is 0.0212. The highest BCUT2D eigenvalue weighted by Crippen LogP contribution is 2.38. The van der Waals surface area contributed by atoms with Gasteiger partial charge in [-0.2, -0.15) is 0 Å². The Balaban J connectivity index is 5.46. The van der Waals surface area contributed by atoms with E-state index in [4.69, 9.17) is 13.8 Å². The lowest BCUT2D eigenvalue weighted by molar-refractivity contribution is -0.870. The summed E-state index contributed by atoms with van der Waals surface area (Å²) < 4.78 is 30.1. The first kappa shape index (κ1) is 65.2. The number of allylic oxidation sites excluding steroid dienone is 13. The molecular formula is C58H103N2O7P. The van der Waals surface area contributed by atoms with Gasteiger partial charge in [0.2, 0.25) is 5.91 Å². The Kier molecular flexibility index (Phi) is 45.9. The number of amides is 1. The maximum Gasteiger partial charge on any atom is 0.306 e. The molecule has 0 aliphatic rings. The molecule has 0 rings (SSSR count). The van der Waals surface area contributed by atoms with E-state index in [-0.39, 0.29) is 31.3 Å².